The molecule has 82 valence electrons. The summed E-state index contributed by atoms with van der Waals surface area (Å²) >= 11 is 0. The van der Waals surface area contributed by atoms with Gasteiger partial charge in [-0.15, -0.1) is 0 Å². The fourth-order valence-corrected chi connectivity index (χ4v) is 2.51. The number of Topliss-reactive ketones (excluding diaryl/α,β-unsaturated/α-hetero) is 1. The smallest absolute Gasteiger partial charge is 0.184 e. The molecule has 3 nitrogen and oxygen atoms in total. The largest absolute Gasteiger partial charge is 0.292 e. The molecule has 0 aliphatic heterocycles. The van der Waals surface area contributed by atoms with E-state index in [9.17, 15) is 4.79 Å². The molecule has 1 heterocycles. The average Bonchev–Trinajstić information content (AvgIpc) is 2.64. The molecule has 0 amide bonds. The van der Waals surface area contributed by atoms with Gasteiger partial charge in [-0.2, -0.15) is 5.10 Å². The molecule has 1 fully saturated rings. The highest BCUT2D eigenvalue weighted by molar-refractivity contribution is 5.96. The van der Waals surface area contributed by atoms with Crippen LogP contribution in [0.25, 0.3) is 0 Å². The molecule has 3 heteroatoms. The van der Waals surface area contributed by atoms with Crippen LogP contribution < -0.4 is 0 Å². The average molecular weight is 206 g/mol. The van der Waals surface area contributed by atoms with E-state index < -0.39 is 0 Å². The van der Waals surface area contributed by atoms with E-state index in [2.05, 4.69) is 12.0 Å². The number of hydrogen-bond donors (Lipinski definition) is 0. The highest BCUT2D eigenvalue weighted by atomic mass is 16.1. The molecule has 2 rings (SSSR count). The van der Waals surface area contributed by atoms with Gasteiger partial charge in [0.15, 0.2) is 5.78 Å². The highest BCUT2D eigenvalue weighted by Crippen LogP contribution is 2.31. The Hall–Kier alpha value is -1.12. The van der Waals surface area contributed by atoms with Gasteiger partial charge < -0.3 is 0 Å². The maximum absolute atomic E-state index is 12.2. The van der Waals surface area contributed by atoms with E-state index in [1.165, 1.54) is 19.3 Å². The maximum atomic E-state index is 12.2. The summed E-state index contributed by atoms with van der Waals surface area (Å²) in [5, 5.41) is 4.05. The van der Waals surface area contributed by atoms with E-state index in [0.717, 1.165) is 12.1 Å². The van der Waals surface area contributed by atoms with E-state index >= 15 is 0 Å². The molecule has 1 aliphatic carbocycles. The first-order chi connectivity index (χ1) is 7.20. The van der Waals surface area contributed by atoms with Gasteiger partial charge in [-0.05, 0) is 18.4 Å². The summed E-state index contributed by atoms with van der Waals surface area (Å²) in [5.41, 5.74) is 0.758. The van der Waals surface area contributed by atoms with Crippen LogP contribution in [0.1, 0.15) is 43.1 Å². The van der Waals surface area contributed by atoms with Gasteiger partial charge in [0.25, 0.3) is 0 Å². The zero-order valence-electron chi connectivity index (χ0n) is 9.44. The van der Waals surface area contributed by atoms with Crippen molar-refractivity contribution in [3.05, 3.63) is 18.0 Å². The number of aryl methyl sites for hydroxylation is 1. The van der Waals surface area contributed by atoms with Gasteiger partial charge >= 0.3 is 0 Å². The summed E-state index contributed by atoms with van der Waals surface area (Å²) in [6, 6.07) is 1.82. The highest BCUT2D eigenvalue weighted by Gasteiger charge is 2.29. The number of aromatic nitrogens is 2. The molecule has 2 atom stereocenters. The number of carbonyl (C=O) groups is 1. The molecule has 1 aromatic heterocycles. The van der Waals surface area contributed by atoms with Gasteiger partial charge in [-0.25, -0.2) is 0 Å². The molecule has 2 unspecified atom stereocenters. The summed E-state index contributed by atoms with van der Waals surface area (Å²) in [7, 11) is 1.83. The third-order valence-corrected chi connectivity index (χ3v) is 3.52. The van der Waals surface area contributed by atoms with Crippen LogP contribution >= 0.6 is 0 Å². The van der Waals surface area contributed by atoms with Gasteiger partial charge in [0, 0.05) is 19.2 Å². The van der Waals surface area contributed by atoms with Crippen molar-refractivity contribution in [3.8, 4) is 0 Å². The van der Waals surface area contributed by atoms with Crippen LogP contribution in [0.3, 0.4) is 0 Å². The molecule has 0 bridgehead atoms. The second-order valence-corrected chi connectivity index (χ2v) is 4.57. The van der Waals surface area contributed by atoms with Crippen molar-refractivity contribution in [2.24, 2.45) is 18.9 Å². The summed E-state index contributed by atoms with van der Waals surface area (Å²) in [6.45, 7) is 2.19. The number of ketones is 1. The Morgan fingerprint density at radius 3 is 2.80 bits per heavy atom. The Morgan fingerprint density at radius 1 is 1.47 bits per heavy atom. The van der Waals surface area contributed by atoms with Crippen molar-refractivity contribution < 1.29 is 4.79 Å². The van der Waals surface area contributed by atoms with Gasteiger partial charge in [-0.3, -0.25) is 9.48 Å². The number of hydrogen-bond acceptors (Lipinski definition) is 2. The molecule has 1 aromatic rings. The normalized spacial score (nSPS) is 26.5. The topological polar surface area (TPSA) is 34.9 Å². The SMILES string of the molecule is CC1CCCCC1C(=O)c1ccnn1C. The van der Waals surface area contributed by atoms with Crippen LogP contribution in [0.5, 0.6) is 0 Å². The van der Waals surface area contributed by atoms with Crippen LogP contribution in [0, 0.1) is 11.8 Å². The van der Waals surface area contributed by atoms with E-state index in [1.54, 1.807) is 10.9 Å². The van der Waals surface area contributed by atoms with E-state index in [-0.39, 0.29) is 11.7 Å². The first-order valence-corrected chi connectivity index (χ1v) is 5.72. The van der Waals surface area contributed by atoms with Crippen molar-refractivity contribution in [2.45, 2.75) is 32.6 Å². The van der Waals surface area contributed by atoms with Gasteiger partial charge in [0.2, 0.25) is 0 Å². The third-order valence-electron chi connectivity index (χ3n) is 3.52. The molecule has 1 aliphatic rings. The lowest BCUT2D eigenvalue weighted by molar-refractivity contribution is 0.0827. The maximum Gasteiger partial charge on any atom is 0.184 e. The first kappa shape index (κ1) is 10.4. The Bertz CT molecular complexity index is 356. The number of rotatable bonds is 2. The fraction of sp³-hybridized carbons (Fsp3) is 0.667. The minimum atomic E-state index is 0.217. The predicted octanol–water partition coefficient (Wildman–Crippen LogP) is 2.43. The van der Waals surface area contributed by atoms with Crippen molar-refractivity contribution in [1.82, 2.24) is 9.78 Å². The van der Waals surface area contributed by atoms with Gasteiger partial charge in [0.05, 0.1) is 0 Å². The van der Waals surface area contributed by atoms with Crippen molar-refractivity contribution in [3.63, 3.8) is 0 Å². The van der Waals surface area contributed by atoms with Crippen molar-refractivity contribution in [1.29, 1.82) is 0 Å². The Morgan fingerprint density at radius 2 is 2.20 bits per heavy atom. The summed E-state index contributed by atoms with van der Waals surface area (Å²) in [5.74, 6) is 1.03. The zero-order chi connectivity index (χ0) is 10.8. The predicted molar refractivity (Wildman–Crippen MR) is 58.7 cm³/mol. The molecule has 0 N–H and O–H groups in total. The fourth-order valence-electron chi connectivity index (χ4n) is 2.51. The van der Waals surface area contributed by atoms with Crippen molar-refractivity contribution in [2.75, 3.05) is 0 Å². The molecule has 0 spiro atoms. The van der Waals surface area contributed by atoms with Crippen LogP contribution in [0.15, 0.2) is 12.3 Å². The van der Waals surface area contributed by atoms with E-state index in [4.69, 9.17) is 0 Å². The lowest BCUT2D eigenvalue weighted by Gasteiger charge is -2.27. The molecular weight excluding hydrogens is 188 g/mol. The van der Waals surface area contributed by atoms with Crippen LogP contribution in [0.4, 0.5) is 0 Å². The summed E-state index contributed by atoms with van der Waals surface area (Å²) < 4.78 is 1.68. The molecule has 0 saturated heterocycles. The van der Waals surface area contributed by atoms with E-state index in [0.29, 0.717) is 5.92 Å². The number of nitrogens with zero attached hydrogens (tertiary/aromatic N) is 2. The van der Waals surface area contributed by atoms with Crippen LogP contribution in [-0.4, -0.2) is 15.6 Å². The lowest BCUT2D eigenvalue weighted by Crippen LogP contribution is -2.26. The minimum absolute atomic E-state index is 0.217. The van der Waals surface area contributed by atoms with E-state index in [1.807, 2.05) is 13.1 Å². The zero-order valence-corrected chi connectivity index (χ0v) is 9.44. The second-order valence-electron chi connectivity index (χ2n) is 4.57. The van der Waals surface area contributed by atoms with Crippen LogP contribution in [0.2, 0.25) is 0 Å². The monoisotopic (exact) mass is 206 g/mol. The summed E-state index contributed by atoms with van der Waals surface area (Å²) in [6.07, 6.45) is 6.40. The van der Waals surface area contributed by atoms with Crippen molar-refractivity contribution >= 4 is 5.78 Å². The quantitative estimate of drug-likeness (QED) is 0.696. The molecule has 15 heavy (non-hydrogen) atoms. The van der Waals surface area contributed by atoms with Gasteiger partial charge in [0.1, 0.15) is 5.69 Å². The van der Waals surface area contributed by atoms with Crippen LogP contribution in [-0.2, 0) is 7.05 Å². The first-order valence-electron chi connectivity index (χ1n) is 5.72. The Labute approximate surface area is 90.5 Å². The molecule has 1 saturated carbocycles. The Kier molecular flexibility index (Phi) is 2.89. The lowest BCUT2D eigenvalue weighted by atomic mass is 9.77. The minimum Gasteiger partial charge on any atom is -0.292 e. The Balaban J connectivity index is 2.17. The number of carbonyl (C=O) groups excluding carboxylic acids is 1. The summed E-state index contributed by atoms with van der Waals surface area (Å²) in [4.78, 5) is 12.2. The molecule has 0 radical (unpaired) electrons. The van der Waals surface area contributed by atoms with Gasteiger partial charge in [-0.1, -0.05) is 26.2 Å². The standard InChI is InChI=1S/C12H18N2O/c1-9-5-3-4-6-10(9)12(15)11-7-8-13-14(11)2/h7-10H,3-6H2,1-2H3. The molecule has 0 aromatic carbocycles. The third kappa shape index (κ3) is 1.96. The second kappa shape index (κ2) is 4.17. The molecular formula is C12H18N2O.